The Labute approximate surface area is 101 Å². The summed E-state index contributed by atoms with van der Waals surface area (Å²) in [6.45, 7) is 4.29. The number of nitrogens with zero attached hydrogens (tertiary/aromatic N) is 2. The number of methoxy groups -OCH3 is 1. The minimum Gasteiger partial charge on any atom is -0.493 e. The van der Waals surface area contributed by atoms with Crippen LogP contribution in [0, 0.1) is 5.92 Å². The molecule has 17 heavy (non-hydrogen) atoms. The van der Waals surface area contributed by atoms with Crippen molar-refractivity contribution >= 4 is 0 Å². The van der Waals surface area contributed by atoms with Crippen LogP contribution in [0.25, 0.3) is 0 Å². The maximum atomic E-state index is 10.3. The molecule has 1 saturated heterocycles. The van der Waals surface area contributed by atoms with Crippen molar-refractivity contribution in [3.8, 4) is 5.75 Å². The molecule has 2 rings (SSSR count). The first-order valence-electron chi connectivity index (χ1n) is 6.11. The molecule has 1 fully saturated rings. The fraction of sp³-hybridized carbons (Fsp3) is 0.750. The van der Waals surface area contributed by atoms with E-state index in [1.54, 1.807) is 18.0 Å². The Hall–Kier alpha value is -1.07. The SMILES string of the molecule is CCn1ncc(OC)c1C(O)CC1CCOC1. The summed E-state index contributed by atoms with van der Waals surface area (Å²) in [6, 6.07) is 0. The van der Waals surface area contributed by atoms with Crippen LogP contribution in [0.4, 0.5) is 0 Å². The van der Waals surface area contributed by atoms with E-state index in [1.165, 1.54) is 0 Å². The Balaban J connectivity index is 2.10. The monoisotopic (exact) mass is 240 g/mol. The maximum Gasteiger partial charge on any atom is 0.162 e. The lowest BCUT2D eigenvalue weighted by atomic mass is 9.99. The molecule has 5 heteroatoms. The van der Waals surface area contributed by atoms with Gasteiger partial charge in [-0.25, -0.2) is 0 Å². The standard InChI is InChI=1S/C12H20N2O3/c1-3-14-12(11(16-2)7-13-14)10(15)6-9-4-5-17-8-9/h7,9-10,15H,3-6,8H2,1-2H3. The highest BCUT2D eigenvalue weighted by molar-refractivity contribution is 5.27. The molecule has 0 aliphatic carbocycles. The zero-order valence-corrected chi connectivity index (χ0v) is 10.4. The van der Waals surface area contributed by atoms with Crippen molar-refractivity contribution < 1.29 is 14.6 Å². The predicted molar refractivity (Wildman–Crippen MR) is 63.0 cm³/mol. The summed E-state index contributed by atoms with van der Waals surface area (Å²) >= 11 is 0. The van der Waals surface area contributed by atoms with Gasteiger partial charge in [0.15, 0.2) is 5.75 Å². The van der Waals surface area contributed by atoms with Crippen LogP contribution in [0.5, 0.6) is 5.75 Å². The van der Waals surface area contributed by atoms with Crippen molar-refractivity contribution in [2.75, 3.05) is 20.3 Å². The van der Waals surface area contributed by atoms with E-state index >= 15 is 0 Å². The van der Waals surface area contributed by atoms with Gasteiger partial charge in [0.25, 0.3) is 0 Å². The minimum atomic E-state index is -0.529. The number of aromatic nitrogens is 2. The molecule has 2 heterocycles. The Morgan fingerprint density at radius 1 is 1.71 bits per heavy atom. The summed E-state index contributed by atoms with van der Waals surface area (Å²) in [5.74, 6) is 1.10. The molecule has 2 unspecified atom stereocenters. The van der Waals surface area contributed by atoms with Crippen LogP contribution in [-0.2, 0) is 11.3 Å². The van der Waals surface area contributed by atoms with Crippen molar-refractivity contribution in [2.45, 2.75) is 32.4 Å². The molecule has 0 aromatic carbocycles. The van der Waals surface area contributed by atoms with Crippen molar-refractivity contribution in [3.05, 3.63) is 11.9 Å². The number of aliphatic hydroxyl groups excluding tert-OH is 1. The van der Waals surface area contributed by atoms with Gasteiger partial charge in [0.05, 0.1) is 19.4 Å². The predicted octanol–water partition coefficient (Wildman–Crippen LogP) is 1.37. The van der Waals surface area contributed by atoms with Crippen LogP contribution in [0.3, 0.4) is 0 Å². The fourth-order valence-corrected chi connectivity index (χ4v) is 2.32. The smallest absolute Gasteiger partial charge is 0.162 e. The highest BCUT2D eigenvalue weighted by Gasteiger charge is 2.25. The number of hydrogen-bond acceptors (Lipinski definition) is 4. The molecule has 1 N–H and O–H groups in total. The summed E-state index contributed by atoms with van der Waals surface area (Å²) in [5.41, 5.74) is 0.780. The summed E-state index contributed by atoms with van der Waals surface area (Å²) in [5, 5.41) is 14.5. The second kappa shape index (κ2) is 5.51. The molecule has 0 bridgehead atoms. The third kappa shape index (κ3) is 2.61. The number of aliphatic hydroxyl groups is 1. The summed E-state index contributed by atoms with van der Waals surface area (Å²) in [6.07, 6.45) is 2.87. The van der Waals surface area contributed by atoms with Crippen LogP contribution < -0.4 is 4.74 Å². The van der Waals surface area contributed by atoms with Gasteiger partial charge in [-0.1, -0.05) is 0 Å². The van der Waals surface area contributed by atoms with Crippen LogP contribution in [-0.4, -0.2) is 35.2 Å². The van der Waals surface area contributed by atoms with E-state index in [-0.39, 0.29) is 0 Å². The van der Waals surface area contributed by atoms with Gasteiger partial charge in [0, 0.05) is 19.8 Å². The summed E-state index contributed by atoms with van der Waals surface area (Å²) in [7, 11) is 1.60. The lowest BCUT2D eigenvalue weighted by Crippen LogP contribution is -2.13. The number of rotatable bonds is 5. The topological polar surface area (TPSA) is 56.5 Å². The molecule has 1 aliphatic rings. The van der Waals surface area contributed by atoms with Gasteiger partial charge in [0.1, 0.15) is 5.69 Å². The van der Waals surface area contributed by atoms with Crippen LogP contribution >= 0.6 is 0 Å². The van der Waals surface area contributed by atoms with Crippen molar-refractivity contribution in [1.29, 1.82) is 0 Å². The molecule has 96 valence electrons. The Morgan fingerprint density at radius 3 is 3.12 bits per heavy atom. The maximum absolute atomic E-state index is 10.3. The first-order chi connectivity index (χ1) is 8.26. The highest BCUT2D eigenvalue weighted by atomic mass is 16.5. The average molecular weight is 240 g/mol. The second-order valence-electron chi connectivity index (χ2n) is 4.40. The van der Waals surface area contributed by atoms with Gasteiger partial charge in [-0.3, -0.25) is 4.68 Å². The fourth-order valence-electron chi connectivity index (χ4n) is 2.32. The van der Waals surface area contributed by atoms with Crippen molar-refractivity contribution in [1.82, 2.24) is 9.78 Å². The van der Waals surface area contributed by atoms with Gasteiger partial charge in [-0.15, -0.1) is 0 Å². The number of ether oxygens (including phenoxy) is 2. The van der Waals surface area contributed by atoms with E-state index in [4.69, 9.17) is 9.47 Å². The largest absolute Gasteiger partial charge is 0.493 e. The van der Waals surface area contributed by atoms with Crippen LogP contribution in [0.2, 0.25) is 0 Å². The van der Waals surface area contributed by atoms with Crippen molar-refractivity contribution in [3.63, 3.8) is 0 Å². The summed E-state index contributed by atoms with van der Waals surface area (Å²) in [4.78, 5) is 0. The molecule has 0 saturated carbocycles. The molecular weight excluding hydrogens is 220 g/mol. The first-order valence-corrected chi connectivity index (χ1v) is 6.11. The average Bonchev–Trinajstić information content (AvgIpc) is 2.95. The minimum absolute atomic E-state index is 0.440. The summed E-state index contributed by atoms with van der Waals surface area (Å²) < 4.78 is 12.4. The molecule has 1 aromatic rings. The lowest BCUT2D eigenvalue weighted by Gasteiger charge is -2.16. The third-order valence-electron chi connectivity index (χ3n) is 3.26. The zero-order valence-electron chi connectivity index (χ0n) is 10.4. The molecule has 2 atom stereocenters. The van der Waals surface area contributed by atoms with Gasteiger partial charge in [0.2, 0.25) is 0 Å². The van der Waals surface area contributed by atoms with E-state index in [0.717, 1.165) is 31.9 Å². The highest BCUT2D eigenvalue weighted by Crippen LogP contribution is 2.31. The molecule has 0 amide bonds. The van der Waals surface area contributed by atoms with Crippen molar-refractivity contribution in [2.24, 2.45) is 5.92 Å². The van der Waals surface area contributed by atoms with Crippen LogP contribution in [0.1, 0.15) is 31.6 Å². The molecular formula is C12H20N2O3. The van der Waals surface area contributed by atoms with E-state index in [1.807, 2.05) is 6.92 Å². The van der Waals surface area contributed by atoms with Gasteiger partial charge in [-0.05, 0) is 25.7 Å². The zero-order chi connectivity index (χ0) is 12.3. The van der Waals surface area contributed by atoms with E-state index in [0.29, 0.717) is 18.1 Å². The van der Waals surface area contributed by atoms with Gasteiger partial charge >= 0.3 is 0 Å². The second-order valence-corrected chi connectivity index (χ2v) is 4.40. The Kier molecular flexibility index (Phi) is 4.02. The molecule has 1 aromatic heterocycles. The van der Waals surface area contributed by atoms with E-state index in [2.05, 4.69) is 5.10 Å². The quantitative estimate of drug-likeness (QED) is 0.844. The van der Waals surface area contributed by atoms with E-state index < -0.39 is 6.10 Å². The molecule has 0 spiro atoms. The number of hydrogen-bond donors (Lipinski definition) is 1. The molecule has 0 radical (unpaired) electrons. The van der Waals surface area contributed by atoms with Gasteiger partial charge < -0.3 is 14.6 Å². The molecule has 5 nitrogen and oxygen atoms in total. The van der Waals surface area contributed by atoms with Gasteiger partial charge in [-0.2, -0.15) is 5.10 Å². The Morgan fingerprint density at radius 2 is 2.53 bits per heavy atom. The van der Waals surface area contributed by atoms with Crippen LogP contribution in [0.15, 0.2) is 6.20 Å². The first kappa shape index (κ1) is 12.4. The lowest BCUT2D eigenvalue weighted by molar-refractivity contribution is 0.120. The third-order valence-corrected chi connectivity index (χ3v) is 3.26. The van der Waals surface area contributed by atoms with E-state index in [9.17, 15) is 5.11 Å². The molecule has 1 aliphatic heterocycles. The number of aryl methyl sites for hydroxylation is 1. The normalized spacial score (nSPS) is 21.7. The Bertz CT molecular complexity index is 337.